The highest BCUT2D eigenvalue weighted by Gasteiger charge is 2.25. The molecule has 1 heterocycles. The lowest BCUT2D eigenvalue weighted by atomic mass is 9.87. The average Bonchev–Trinajstić information content (AvgIpc) is 2.38. The van der Waals surface area contributed by atoms with Gasteiger partial charge in [-0.05, 0) is 37.6 Å². The third-order valence-corrected chi connectivity index (χ3v) is 3.80. The first-order valence-electron chi connectivity index (χ1n) is 6.69. The SMILES string of the molecule is COc1cc(C(CN)CC2COC2)c(OC)cc1C. The van der Waals surface area contributed by atoms with Gasteiger partial charge in [-0.15, -0.1) is 0 Å². The molecule has 1 unspecified atom stereocenters. The maximum atomic E-state index is 5.95. The standard InChI is InChI=1S/C15H23NO3/c1-10-4-15(18-3)13(6-14(10)17-2)12(7-16)5-11-8-19-9-11/h4,6,11-12H,5,7-9,16H2,1-3H3. The summed E-state index contributed by atoms with van der Waals surface area (Å²) in [5, 5.41) is 0. The Morgan fingerprint density at radius 3 is 2.42 bits per heavy atom. The number of methoxy groups -OCH3 is 2. The predicted molar refractivity (Wildman–Crippen MR) is 75.0 cm³/mol. The summed E-state index contributed by atoms with van der Waals surface area (Å²) in [6.07, 6.45) is 1.04. The zero-order chi connectivity index (χ0) is 13.8. The highest BCUT2D eigenvalue weighted by atomic mass is 16.5. The molecular formula is C15H23NO3. The fraction of sp³-hybridized carbons (Fsp3) is 0.600. The molecular weight excluding hydrogens is 242 g/mol. The number of hydrogen-bond acceptors (Lipinski definition) is 4. The fourth-order valence-corrected chi connectivity index (χ4v) is 2.57. The number of ether oxygens (including phenoxy) is 3. The van der Waals surface area contributed by atoms with Crippen molar-refractivity contribution in [2.45, 2.75) is 19.3 Å². The number of nitrogens with two attached hydrogens (primary N) is 1. The van der Waals surface area contributed by atoms with Gasteiger partial charge in [0.2, 0.25) is 0 Å². The van der Waals surface area contributed by atoms with Gasteiger partial charge < -0.3 is 19.9 Å². The van der Waals surface area contributed by atoms with E-state index in [-0.39, 0.29) is 0 Å². The minimum absolute atomic E-state index is 0.290. The summed E-state index contributed by atoms with van der Waals surface area (Å²) in [5.41, 5.74) is 8.16. The number of hydrogen-bond donors (Lipinski definition) is 1. The Morgan fingerprint density at radius 2 is 1.95 bits per heavy atom. The van der Waals surface area contributed by atoms with Crippen LogP contribution >= 0.6 is 0 Å². The van der Waals surface area contributed by atoms with Crippen LogP contribution in [-0.4, -0.2) is 34.0 Å². The normalized spacial score (nSPS) is 16.8. The summed E-state index contributed by atoms with van der Waals surface area (Å²) < 4.78 is 16.1. The molecule has 0 bridgehead atoms. The maximum Gasteiger partial charge on any atom is 0.122 e. The molecule has 1 aliphatic rings. The zero-order valence-corrected chi connectivity index (χ0v) is 11.9. The van der Waals surface area contributed by atoms with Crippen LogP contribution in [0.5, 0.6) is 11.5 Å². The van der Waals surface area contributed by atoms with Gasteiger partial charge in [0, 0.05) is 17.4 Å². The molecule has 1 atom stereocenters. The smallest absolute Gasteiger partial charge is 0.122 e. The molecule has 1 aliphatic heterocycles. The Hall–Kier alpha value is -1.26. The monoisotopic (exact) mass is 265 g/mol. The Morgan fingerprint density at radius 1 is 1.26 bits per heavy atom. The Bertz CT molecular complexity index is 430. The van der Waals surface area contributed by atoms with Gasteiger partial charge in [-0.1, -0.05) is 0 Å². The quantitative estimate of drug-likeness (QED) is 0.855. The van der Waals surface area contributed by atoms with E-state index in [4.69, 9.17) is 19.9 Å². The molecule has 19 heavy (non-hydrogen) atoms. The highest BCUT2D eigenvalue weighted by molar-refractivity contribution is 5.47. The molecule has 0 spiro atoms. The Kier molecular flexibility index (Phi) is 4.66. The van der Waals surface area contributed by atoms with Gasteiger partial charge in [0.25, 0.3) is 0 Å². The van der Waals surface area contributed by atoms with Crippen LogP contribution in [0.2, 0.25) is 0 Å². The van der Waals surface area contributed by atoms with Gasteiger partial charge in [-0.25, -0.2) is 0 Å². The van der Waals surface area contributed by atoms with Gasteiger partial charge in [0.15, 0.2) is 0 Å². The third-order valence-electron chi connectivity index (χ3n) is 3.80. The topological polar surface area (TPSA) is 53.7 Å². The van der Waals surface area contributed by atoms with Crippen molar-refractivity contribution in [3.63, 3.8) is 0 Å². The first-order chi connectivity index (χ1) is 9.19. The van der Waals surface area contributed by atoms with Crippen molar-refractivity contribution in [2.24, 2.45) is 11.7 Å². The van der Waals surface area contributed by atoms with Gasteiger partial charge >= 0.3 is 0 Å². The van der Waals surface area contributed by atoms with Crippen molar-refractivity contribution in [3.05, 3.63) is 23.3 Å². The van der Waals surface area contributed by atoms with Crippen LogP contribution in [0.25, 0.3) is 0 Å². The Balaban J connectivity index is 2.27. The molecule has 0 saturated carbocycles. The van der Waals surface area contributed by atoms with E-state index in [9.17, 15) is 0 Å². The molecule has 1 aromatic rings. The zero-order valence-electron chi connectivity index (χ0n) is 11.9. The van der Waals surface area contributed by atoms with E-state index in [1.165, 1.54) is 0 Å². The summed E-state index contributed by atoms with van der Waals surface area (Å²) in [6, 6.07) is 4.08. The molecule has 2 rings (SSSR count). The molecule has 2 N–H and O–H groups in total. The molecule has 0 amide bonds. The predicted octanol–water partition coefficient (Wildman–Crippen LogP) is 2.09. The largest absolute Gasteiger partial charge is 0.496 e. The highest BCUT2D eigenvalue weighted by Crippen LogP contribution is 2.36. The Labute approximate surface area is 114 Å². The second kappa shape index (κ2) is 6.26. The average molecular weight is 265 g/mol. The van der Waals surface area contributed by atoms with Gasteiger partial charge in [-0.3, -0.25) is 0 Å². The lowest BCUT2D eigenvalue weighted by Crippen LogP contribution is -2.30. The van der Waals surface area contributed by atoms with Crippen molar-refractivity contribution in [1.29, 1.82) is 0 Å². The molecule has 1 aromatic carbocycles. The van der Waals surface area contributed by atoms with Crippen molar-refractivity contribution in [3.8, 4) is 11.5 Å². The van der Waals surface area contributed by atoms with Gasteiger partial charge in [0.05, 0.1) is 27.4 Å². The molecule has 106 valence electrons. The fourth-order valence-electron chi connectivity index (χ4n) is 2.57. The van der Waals surface area contributed by atoms with Crippen LogP contribution in [0.1, 0.15) is 23.5 Å². The van der Waals surface area contributed by atoms with Crippen molar-refractivity contribution >= 4 is 0 Å². The molecule has 0 radical (unpaired) electrons. The first-order valence-corrected chi connectivity index (χ1v) is 6.69. The molecule has 4 heteroatoms. The molecule has 0 aliphatic carbocycles. The number of rotatable bonds is 6. The van der Waals surface area contributed by atoms with E-state index in [1.54, 1.807) is 14.2 Å². The minimum Gasteiger partial charge on any atom is -0.496 e. The van der Waals surface area contributed by atoms with Crippen molar-refractivity contribution in [2.75, 3.05) is 34.0 Å². The van der Waals surface area contributed by atoms with Crippen LogP contribution < -0.4 is 15.2 Å². The van der Waals surface area contributed by atoms with Crippen molar-refractivity contribution < 1.29 is 14.2 Å². The van der Waals surface area contributed by atoms with E-state index >= 15 is 0 Å². The van der Waals surface area contributed by atoms with E-state index in [0.717, 1.165) is 42.3 Å². The number of benzene rings is 1. The van der Waals surface area contributed by atoms with Crippen LogP contribution in [0.3, 0.4) is 0 Å². The maximum absolute atomic E-state index is 5.95. The lowest BCUT2D eigenvalue weighted by Gasteiger charge is -2.30. The second-order valence-electron chi connectivity index (χ2n) is 5.14. The van der Waals surface area contributed by atoms with Crippen LogP contribution in [0, 0.1) is 12.8 Å². The first kappa shape index (κ1) is 14.2. The van der Waals surface area contributed by atoms with E-state index in [1.807, 2.05) is 13.0 Å². The van der Waals surface area contributed by atoms with Gasteiger partial charge in [0.1, 0.15) is 11.5 Å². The molecule has 1 fully saturated rings. The summed E-state index contributed by atoms with van der Waals surface area (Å²) in [5.74, 6) is 2.69. The summed E-state index contributed by atoms with van der Waals surface area (Å²) >= 11 is 0. The van der Waals surface area contributed by atoms with E-state index in [2.05, 4.69) is 6.07 Å². The van der Waals surface area contributed by atoms with E-state index < -0.39 is 0 Å². The van der Waals surface area contributed by atoms with E-state index in [0.29, 0.717) is 18.4 Å². The summed E-state index contributed by atoms with van der Waals surface area (Å²) in [4.78, 5) is 0. The number of aryl methyl sites for hydroxylation is 1. The van der Waals surface area contributed by atoms with Crippen LogP contribution in [0.4, 0.5) is 0 Å². The van der Waals surface area contributed by atoms with Crippen molar-refractivity contribution in [1.82, 2.24) is 0 Å². The minimum atomic E-state index is 0.290. The summed E-state index contributed by atoms with van der Waals surface area (Å²) in [7, 11) is 3.39. The molecule has 1 saturated heterocycles. The molecule has 0 aromatic heterocycles. The van der Waals surface area contributed by atoms with Gasteiger partial charge in [-0.2, -0.15) is 0 Å². The summed E-state index contributed by atoms with van der Waals surface area (Å²) in [6.45, 7) is 4.32. The molecule has 4 nitrogen and oxygen atoms in total. The van der Waals surface area contributed by atoms with Crippen LogP contribution in [0.15, 0.2) is 12.1 Å². The second-order valence-corrected chi connectivity index (χ2v) is 5.14. The van der Waals surface area contributed by atoms with Crippen LogP contribution in [-0.2, 0) is 4.74 Å². The lowest BCUT2D eigenvalue weighted by molar-refractivity contribution is -0.0382. The third kappa shape index (κ3) is 3.01.